The van der Waals surface area contributed by atoms with Crippen LogP contribution in [0, 0.1) is 0 Å². The molecule has 0 bridgehead atoms. The third-order valence-electron chi connectivity index (χ3n) is 6.39. The summed E-state index contributed by atoms with van der Waals surface area (Å²) in [6, 6.07) is 8.26. The molecule has 2 aromatic rings. The second kappa shape index (κ2) is 8.57. The van der Waals surface area contributed by atoms with Crippen LogP contribution in [0.4, 0.5) is 0 Å². The Morgan fingerprint density at radius 1 is 1.00 bits per heavy atom. The highest BCUT2D eigenvalue weighted by Gasteiger charge is 2.42. The van der Waals surface area contributed by atoms with E-state index in [-0.39, 0.29) is 11.6 Å². The number of aromatic nitrogens is 4. The van der Waals surface area contributed by atoms with Gasteiger partial charge in [-0.05, 0) is 60.4 Å². The highest BCUT2D eigenvalue weighted by atomic mass is 16.5. The van der Waals surface area contributed by atoms with Crippen molar-refractivity contribution in [3.05, 3.63) is 30.1 Å². The molecule has 2 atom stereocenters. The van der Waals surface area contributed by atoms with Gasteiger partial charge in [0.15, 0.2) is 5.82 Å². The Labute approximate surface area is 166 Å². The number of tetrazole rings is 1. The zero-order valence-corrected chi connectivity index (χ0v) is 16.9. The molecule has 152 valence electrons. The summed E-state index contributed by atoms with van der Waals surface area (Å²) in [6.45, 7) is 0. The Morgan fingerprint density at radius 3 is 2.46 bits per heavy atom. The maximum Gasteiger partial charge on any atom is 0.176 e. The molecule has 28 heavy (non-hydrogen) atoms. The molecule has 4 rings (SSSR count). The van der Waals surface area contributed by atoms with Crippen molar-refractivity contribution in [2.75, 3.05) is 14.2 Å². The molecular formula is C21H31N5O2. The van der Waals surface area contributed by atoms with Crippen molar-refractivity contribution < 1.29 is 9.47 Å². The fourth-order valence-electron chi connectivity index (χ4n) is 4.87. The molecule has 7 heteroatoms. The lowest BCUT2D eigenvalue weighted by molar-refractivity contribution is 0.0213. The summed E-state index contributed by atoms with van der Waals surface area (Å²) in [5, 5.41) is 16.9. The van der Waals surface area contributed by atoms with Crippen molar-refractivity contribution in [2.45, 2.75) is 75.5 Å². The molecule has 1 N–H and O–H groups in total. The van der Waals surface area contributed by atoms with Crippen molar-refractivity contribution in [3.8, 4) is 11.4 Å². The molecule has 2 fully saturated rings. The molecule has 1 heterocycles. The average Bonchev–Trinajstić information content (AvgIpc) is 3.26. The van der Waals surface area contributed by atoms with E-state index in [4.69, 9.17) is 9.47 Å². The zero-order valence-electron chi connectivity index (χ0n) is 16.9. The van der Waals surface area contributed by atoms with Gasteiger partial charge in [0, 0.05) is 13.2 Å². The van der Waals surface area contributed by atoms with Gasteiger partial charge >= 0.3 is 0 Å². The quantitative estimate of drug-likeness (QED) is 0.822. The lowest BCUT2D eigenvalue weighted by Gasteiger charge is -2.43. The maximum atomic E-state index is 5.81. The summed E-state index contributed by atoms with van der Waals surface area (Å²) in [5.74, 6) is 1.74. The van der Waals surface area contributed by atoms with E-state index in [0.29, 0.717) is 6.04 Å². The van der Waals surface area contributed by atoms with E-state index in [1.54, 1.807) is 7.11 Å². The Morgan fingerprint density at radius 2 is 1.75 bits per heavy atom. The van der Waals surface area contributed by atoms with Crippen LogP contribution in [0.1, 0.15) is 63.6 Å². The van der Waals surface area contributed by atoms with Crippen LogP contribution in [0.5, 0.6) is 5.75 Å². The van der Waals surface area contributed by atoms with Crippen LogP contribution in [-0.2, 0) is 10.3 Å². The monoisotopic (exact) mass is 385 g/mol. The summed E-state index contributed by atoms with van der Waals surface area (Å²) >= 11 is 0. The molecule has 0 amide bonds. The van der Waals surface area contributed by atoms with Gasteiger partial charge in [0.1, 0.15) is 5.75 Å². The molecule has 0 aliphatic heterocycles. The molecule has 2 saturated carbocycles. The number of nitrogens with one attached hydrogen (secondary N) is 1. The summed E-state index contributed by atoms with van der Waals surface area (Å²) < 4.78 is 13.0. The third-order valence-corrected chi connectivity index (χ3v) is 6.39. The van der Waals surface area contributed by atoms with Crippen LogP contribution in [0.15, 0.2) is 24.3 Å². The smallest absolute Gasteiger partial charge is 0.176 e. The Bertz CT molecular complexity index is 754. The molecule has 0 radical (unpaired) electrons. The van der Waals surface area contributed by atoms with Crippen LogP contribution in [-0.4, -0.2) is 46.6 Å². The van der Waals surface area contributed by atoms with Gasteiger partial charge in [-0.3, -0.25) is 5.32 Å². The molecule has 1 aromatic heterocycles. The van der Waals surface area contributed by atoms with Crippen LogP contribution in [0.25, 0.3) is 5.69 Å². The van der Waals surface area contributed by atoms with Crippen molar-refractivity contribution in [1.82, 2.24) is 25.5 Å². The van der Waals surface area contributed by atoms with Gasteiger partial charge in [-0.25, -0.2) is 0 Å². The first-order valence-electron chi connectivity index (χ1n) is 10.5. The Kier molecular flexibility index (Phi) is 5.92. The molecule has 0 spiro atoms. The maximum absolute atomic E-state index is 5.81. The van der Waals surface area contributed by atoms with Crippen molar-refractivity contribution >= 4 is 0 Å². The predicted octanol–water partition coefficient (Wildman–Crippen LogP) is 3.38. The van der Waals surface area contributed by atoms with E-state index in [9.17, 15) is 0 Å². The number of rotatable bonds is 6. The number of methoxy groups -OCH3 is 2. The lowest BCUT2D eigenvalue weighted by atomic mass is 9.78. The van der Waals surface area contributed by atoms with Gasteiger partial charge in [0.2, 0.25) is 0 Å². The molecule has 2 aliphatic rings. The topological polar surface area (TPSA) is 74.1 Å². The summed E-state index contributed by atoms with van der Waals surface area (Å²) in [5.41, 5.74) is 0.750. The SMILES string of the molecule is COc1ccc(-n2nnnc2C2(NC3CCCCC3OC)CCCCC2)cc1. The number of benzene rings is 1. The normalized spacial score (nSPS) is 24.8. The minimum atomic E-state index is -0.208. The second-order valence-corrected chi connectivity index (χ2v) is 8.06. The predicted molar refractivity (Wildman–Crippen MR) is 107 cm³/mol. The van der Waals surface area contributed by atoms with Crippen LogP contribution < -0.4 is 10.1 Å². The Balaban J connectivity index is 1.67. The van der Waals surface area contributed by atoms with Crippen molar-refractivity contribution in [2.24, 2.45) is 0 Å². The fourth-order valence-corrected chi connectivity index (χ4v) is 4.87. The van der Waals surface area contributed by atoms with Gasteiger partial charge in [0.25, 0.3) is 0 Å². The minimum Gasteiger partial charge on any atom is -0.497 e. The van der Waals surface area contributed by atoms with E-state index >= 15 is 0 Å². The standard InChI is InChI=1S/C21H31N5O2/c1-27-17-12-10-16(11-13-17)26-20(23-24-25-26)21(14-6-3-7-15-21)22-18-8-4-5-9-19(18)28-2/h10-13,18-19,22H,3-9,14-15H2,1-2H3. The van der Waals surface area contributed by atoms with E-state index in [1.807, 2.05) is 36.1 Å². The van der Waals surface area contributed by atoms with Gasteiger partial charge in [0.05, 0.1) is 24.4 Å². The largest absolute Gasteiger partial charge is 0.497 e. The van der Waals surface area contributed by atoms with Gasteiger partial charge in [-0.1, -0.05) is 32.1 Å². The Hall–Kier alpha value is -1.99. The highest BCUT2D eigenvalue weighted by Crippen LogP contribution is 2.38. The molecule has 0 saturated heterocycles. The van der Waals surface area contributed by atoms with Gasteiger partial charge in [-0.2, -0.15) is 4.68 Å². The first-order valence-corrected chi connectivity index (χ1v) is 10.5. The van der Waals surface area contributed by atoms with Gasteiger partial charge in [-0.15, -0.1) is 5.10 Å². The molecule has 2 aliphatic carbocycles. The van der Waals surface area contributed by atoms with E-state index in [2.05, 4.69) is 20.8 Å². The molecule has 1 aromatic carbocycles. The summed E-state index contributed by atoms with van der Waals surface area (Å²) in [7, 11) is 3.51. The van der Waals surface area contributed by atoms with E-state index in [0.717, 1.165) is 42.9 Å². The third kappa shape index (κ3) is 3.78. The highest BCUT2D eigenvalue weighted by molar-refractivity contribution is 5.37. The first kappa shape index (κ1) is 19.3. The van der Waals surface area contributed by atoms with Crippen LogP contribution in [0.2, 0.25) is 0 Å². The summed E-state index contributed by atoms with van der Waals surface area (Å²) in [6.07, 6.45) is 10.8. The number of ether oxygens (including phenoxy) is 2. The van der Waals surface area contributed by atoms with E-state index in [1.165, 1.54) is 32.1 Å². The number of hydrogen-bond donors (Lipinski definition) is 1. The molecule has 7 nitrogen and oxygen atoms in total. The molecule has 2 unspecified atom stereocenters. The fraction of sp³-hybridized carbons (Fsp3) is 0.667. The average molecular weight is 386 g/mol. The lowest BCUT2D eigenvalue weighted by Crippen LogP contribution is -2.55. The van der Waals surface area contributed by atoms with Crippen molar-refractivity contribution in [1.29, 1.82) is 0 Å². The van der Waals surface area contributed by atoms with Crippen LogP contribution in [0.3, 0.4) is 0 Å². The summed E-state index contributed by atoms with van der Waals surface area (Å²) in [4.78, 5) is 0. The van der Waals surface area contributed by atoms with E-state index < -0.39 is 0 Å². The molecular weight excluding hydrogens is 354 g/mol. The second-order valence-electron chi connectivity index (χ2n) is 8.06. The van der Waals surface area contributed by atoms with Crippen LogP contribution >= 0.6 is 0 Å². The zero-order chi connectivity index (χ0) is 19.4. The van der Waals surface area contributed by atoms with Crippen molar-refractivity contribution in [3.63, 3.8) is 0 Å². The first-order chi connectivity index (χ1) is 13.8. The minimum absolute atomic E-state index is 0.208. The van der Waals surface area contributed by atoms with Gasteiger partial charge < -0.3 is 9.47 Å². The number of hydrogen-bond acceptors (Lipinski definition) is 6. The number of nitrogens with zero attached hydrogens (tertiary/aromatic N) is 4.